The highest BCUT2D eigenvalue weighted by molar-refractivity contribution is 9.10. The molecule has 1 atom stereocenters. The van der Waals surface area contributed by atoms with Crippen molar-refractivity contribution in [2.24, 2.45) is 0 Å². The van der Waals surface area contributed by atoms with Crippen LogP contribution in [0, 0.1) is 11.3 Å². The molecule has 0 aliphatic heterocycles. The number of carbonyl (C=O) groups is 1. The van der Waals surface area contributed by atoms with E-state index in [0.29, 0.717) is 15.6 Å². The molecular weight excluding hydrogens is 310 g/mol. The Kier molecular flexibility index (Phi) is 3.85. The van der Waals surface area contributed by atoms with Gasteiger partial charge in [0.2, 0.25) is 0 Å². The van der Waals surface area contributed by atoms with E-state index < -0.39 is 0 Å². The number of rotatable bonds is 2. The maximum atomic E-state index is 11.6. The van der Waals surface area contributed by atoms with Gasteiger partial charge in [-0.25, -0.2) is 0 Å². The number of halogens is 2. The molecule has 0 amide bonds. The number of hydrogen-bond donors (Lipinski definition) is 0. The van der Waals surface area contributed by atoms with E-state index in [1.54, 1.807) is 25.1 Å². The molecule has 0 fully saturated rings. The van der Waals surface area contributed by atoms with Crippen molar-refractivity contribution in [3.05, 3.63) is 33.8 Å². The Morgan fingerprint density at radius 1 is 1.57 bits per heavy atom. The predicted octanol–water partition coefficient (Wildman–Crippen LogP) is 3.29. The molecule has 0 saturated heterocycles. The summed E-state index contributed by atoms with van der Waals surface area (Å²) in [4.78, 5) is 11.4. The van der Waals surface area contributed by atoms with Crippen LogP contribution in [0.2, 0.25) is 0 Å². The molecule has 1 rings (SSSR count). The van der Waals surface area contributed by atoms with Crippen LogP contribution in [-0.2, 0) is 0 Å². The van der Waals surface area contributed by atoms with Crippen molar-refractivity contribution in [2.45, 2.75) is 11.8 Å². The van der Waals surface area contributed by atoms with Crippen molar-refractivity contribution in [3.8, 4) is 6.07 Å². The fourth-order valence-electron chi connectivity index (χ4n) is 1.02. The molecule has 2 nitrogen and oxygen atoms in total. The second-order valence-electron chi connectivity index (χ2n) is 2.76. The zero-order valence-electron chi connectivity index (χ0n) is 7.42. The molecule has 0 bridgehead atoms. The highest BCUT2D eigenvalue weighted by Crippen LogP contribution is 2.23. The summed E-state index contributed by atoms with van der Waals surface area (Å²) in [5, 5.41) is 8.76. The summed E-state index contributed by atoms with van der Waals surface area (Å²) >= 11 is 6.45. The molecule has 0 aromatic heterocycles. The van der Waals surface area contributed by atoms with Gasteiger partial charge in [-0.05, 0) is 28.9 Å². The number of ketones is 1. The summed E-state index contributed by atoms with van der Waals surface area (Å²) in [6.07, 6.45) is 0. The molecule has 72 valence electrons. The van der Waals surface area contributed by atoms with Gasteiger partial charge in [0.25, 0.3) is 0 Å². The van der Waals surface area contributed by atoms with Gasteiger partial charge in [-0.3, -0.25) is 4.79 Å². The van der Waals surface area contributed by atoms with E-state index in [1.807, 2.05) is 6.07 Å². The van der Waals surface area contributed by atoms with Crippen LogP contribution in [0.1, 0.15) is 22.8 Å². The van der Waals surface area contributed by atoms with Gasteiger partial charge in [0.05, 0.1) is 10.4 Å². The van der Waals surface area contributed by atoms with Gasteiger partial charge in [0.15, 0.2) is 5.78 Å². The van der Waals surface area contributed by atoms with Crippen molar-refractivity contribution >= 4 is 37.6 Å². The van der Waals surface area contributed by atoms with Crippen LogP contribution in [-0.4, -0.2) is 10.6 Å². The molecule has 1 unspecified atom stereocenters. The van der Waals surface area contributed by atoms with E-state index in [9.17, 15) is 4.79 Å². The average molecular weight is 317 g/mol. The number of carbonyl (C=O) groups excluding carboxylic acids is 1. The van der Waals surface area contributed by atoms with Crippen molar-refractivity contribution < 1.29 is 4.79 Å². The number of benzene rings is 1. The van der Waals surface area contributed by atoms with Crippen LogP contribution in [0.3, 0.4) is 0 Å². The molecule has 4 heteroatoms. The van der Waals surface area contributed by atoms with Crippen LogP contribution in [0.25, 0.3) is 0 Å². The third-order valence-corrected chi connectivity index (χ3v) is 3.02. The molecule has 0 N–H and O–H groups in total. The molecule has 1 aromatic rings. The topological polar surface area (TPSA) is 40.9 Å². The monoisotopic (exact) mass is 315 g/mol. The summed E-state index contributed by atoms with van der Waals surface area (Å²) in [6.45, 7) is 1.76. The molecule has 14 heavy (non-hydrogen) atoms. The fourth-order valence-corrected chi connectivity index (χ4v) is 1.82. The minimum Gasteiger partial charge on any atom is -0.293 e. The van der Waals surface area contributed by atoms with E-state index in [1.165, 1.54) is 0 Å². The molecular formula is C10H7Br2NO. The molecule has 0 heterocycles. The number of nitriles is 1. The Balaban J connectivity index is 3.24. The number of alkyl halides is 1. The van der Waals surface area contributed by atoms with E-state index >= 15 is 0 Å². The van der Waals surface area contributed by atoms with Gasteiger partial charge in [0.1, 0.15) is 6.07 Å². The first-order valence-electron chi connectivity index (χ1n) is 3.94. The normalized spacial score (nSPS) is 11.9. The first kappa shape index (κ1) is 11.4. The average Bonchev–Trinajstić information content (AvgIpc) is 2.17. The summed E-state index contributed by atoms with van der Waals surface area (Å²) in [5.74, 6) is -0.0334. The van der Waals surface area contributed by atoms with Crippen molar-refractivity contribution in [1.82, 2.24) is 0 Å². The summed E-state index contributed by atoms with van der Waals surface area (Å²) in [5.41, 5.74) is 1.01. The molecule has 1 aromatic carbocycles. The lowest BCUT2D eigenvalue weighted by Crippen LogP contribution is -2.11. The Morgan fingerprint density at radius 2 is 2.21 bits per heavy atom. The lowest BCUT2D eigenvalue weighted by atomic mass is 10.1. The second-order valence-corrected chi connectivity index (χ2v) is 4.93. The highest BCUT2D eigenvalue weighted by atomic mass is 79.9. The molecule has 0 radical (unpaired) electrons. The van der Waals surface area contributed by atoms with E-state index in [0.717, 1.165) is 0 Å². The van der Waals surface area contributed by atoms with Gasteiger partial charge in [-0.15, -0.1) is 0 Å². The van der Waals surface area contributed by atoms with E-state index in [-0.39, 0.29) is 10.6 Å². The minimum absolute atomic E-state index is 0.0334. The molecule has 0 aliphatic rings. The molecule has 0 saturated carbocycles. The van der Waals surface area contributed by atoms with Crippen LogP contribution < -0.4 is 0 Å². The second kappa shape index (κ2) is 4.72. The van der Waals surface area contributed by atoms with E-state index in [4.69, 9.17) is 5.26 Å². The fraction of sp³-hybridized carbons (Fsp3) is 0.200. The summed E-state index contributed by atoms with van der Waals surface area (Å²) in [7, 11) is 0. The maximum Gasteiger partial charge on any atom is 0.177 e. The number of hydrogen-bond acceptors (Lipinski definition) is 2. The van der Waals surface area contributed by atoms with Crippen molar-refractivity contribution in [2.75, 3.05) is 0 Å². The number of nitrogens with zero attached hydrogens (tertiary/aromatic N) is 1. The van der Waals surface area contributed by atoms with Crippen molar-refractivity contribution in [3.63, 3.8) is 0 Å². The Labute approximate surface area is 99.2 Å². The minimum atomic E-state index is -0.243. The highest BCUT2D eigenvalue weighted by Gasteiger charge is 2.16. The Bertz CT molecular complexity index is 407. The Morgan fingerprint density at radius 3 is 2.71 bits per heavy atom. The van der Waals surface area contributed by atoms with Crippen LogP contribution in [0.15, 0.2) is 22.7 Å². The SMILES string of the molecule is CC(Br)C(=O)c1cccc(C#N)c1Br. The first-order valence-corrected chi connectivity index (χ1v) is 5.65. The van der Waals surface area contributed by atoms with Gasteiger partial charge < -0.3 is 0 Å². The standard InChI is InChI=1S/C10H7Br2NO/c1-6(11)10(14)8-4-2-3-7(5-13)9(8)12/h2-4,6H,1H3. The lowest BCUT2D eigenvalue weighted by molar-refractivity contribution is 0.0995. The summed E-state index contributed by atoms with van der Waals surface area (Å²) < 4.78 is 0.568. The predicted molar refractivity (Wildman–Crippen MR) is 61.6 cm³/mol. The Hall–Kier alpha value is -0.660. The third-order valence-electron chi connectivity index (χ3n) is 1.75. The third kappa shape index (κ3) is 2.23. The lowest BCUT2D eigenvalue weighted by Gasteiger charge is -2.05. The van der Waals surface area contributed by atoms with Gasteiger partial charge in [0, 0.05) is 10.0 Å². The number of Topliss-reactive ketones (excluding diaryl/α,β-unsaturated/α-hetero) is 1. The van der Waals surface area contributed by atoms with Crippen LogP contribution in [0.4, 0.5) is 0 Å². The quantitative estimate of drug-likeness (QED) is 0.620. The van der Waals surface area contributed by atoms with Crippen LogP contribution in [0.5, 0.6) is 0 Å². The zero-order chi connectivity index (χ0) is 10.7. The van der Waals surface area contributed by atoms with Gasteiger partial charge in [-0.1, -0.05) is 28.1 Å². The summed E-state index contributed by atoms with van der Waals surface area (Å²) in [6, 6.07) is 7.08. The van der Waals surface area contributed by atoms with Crippen molar-refractivity contribution in [1.29, 1.82) is 5.26 Å². The molecule has 0 spiro atoms. The van der Waals surface area contributed by atoms with Gasteiger partial charge in [-0.2, -0.15) is 5.26 Å². The smallest absolute Gasteiger partial charge is 0.177 e. The van der Waals surface area contributed by atoms with Gasteiger partial charge >= 0.3 is 0 Å². The maximum absolute atomic E-state index is 11.6. The largest absolute Gasteiger partial charge is 0.293 e. The first-order chi connectivity index (χ1) is 6.57. The van der Waals surface area contributed by atoms with Crippen LogP contribution >= 0.6 is 31.9 Å². The molecule has 0 aliphatic carbocycles. The zero-order valence-corrected chi connectivity index (χ0v) is 10.6. The van der Waals surface area contributed by atoms with E-state index in [2.05, 4.69) is 31.9 Å².